The fraction of sp³-hybridized carbons (Fsp3) is 0.333. The van der Waals surface area contributed by atoms with Crippen molar-refractivity contribution in [3.63, 3.8) is 0 Å². The highest BCUT2D eigenvalue weighted by Gasteiger charge is 2.17. The molecule has 136 valence electrons. The van der Waals surface area contributed by atoms with E-state index in [-0.39, 0.29) is 6.10 Å². The van der Waals surface area contributed by atoms with Crippen LogP contribution < -0.4 is 4.74 Å². The second-order valence-corrected chi connectivity index (χ2v) is 7.70. The molecule has 3 rings (SSSR count). The number of thioether (sulfide) groups is 1. The van der Waals surface area contributed by atoms with E-state index in [1.807, 2.05) is 30.7 Å². The van der Waals surface area contributed by atoms with Crippen molar-refractivity contribution in [3.05, 3.63) is 70.5 Å². The summed E-state index contributed by atoms with van der Waals surface area (Å²) in [5, 5.41) is 9.60. The van der Waals surface area contributed by atoms with Crippen molar-refractivity contribution in [2.24, 2.45) is 7.05 Å². The number of hydrogen-bond donors (Lipinski definition) is 0. The molecule has 1 heterocycles. The second kappa shape index (κ2) is 7.96. The van der Waals surface area contributed by atoms with Gasteiger partial charge in [-0.25, -0.2) is 0 Å². The summed E-state index contributed by atoms with van der Waals surface area (Å²) in [5.41, 5.74) is 4.95. The summed E-state index contributed by atoms with van der Waals surface area (Å²) in [7, 11) is 2.00. The van der Waals surface area contributed by atoms with E-state index in [1.54, 1.807) is 11.8 Å². The summed E-state index contributed by atoms with van der Waals surface area (Å²) in [5.74, 6) is 2.57. The molecule has 0 amide bonds. The Morgan fingerprint density at radius 1 is 1.00 bits per heavy atom. The summed E-state index contributed by atoms with van der Waals surface area (Å²) < 4.78 is 8.12. The Morgan fingerprint density at radius 2 is 1.73 bits per heavy atom. The lowest BCUT2D eigenvalue weighted by Gasteiger charge is -2.15. The van der Waals surface area contributed by atoms with Crippen LogP contribution in [0.25, 0.3) is 0 Å². The summed E-state index contributed by atoms with van der Waals surface area (Å²) >= 11 is 1.69. The first kappa shape index (κ1) is 18.5. The Morgan fingerprint density at radius 3 is 2.42 bits per heavy atom. The fourth-order valence-corrected chi connectivity index (χ4v) is 3.87. The topological polar surface area (TPSA) is 39.9 Å². The molecule has 5 heteroatoms. The van der Waals surface area contributed by atoms with Crippen molar-refractivity contribution in [2.75, 3.05) is 0 Å². The summed E-state index contributed by atoms with van der Waals surface area (Å²) in [6.07, 6.45) is -0.165. The highest BCUT2D eigenvalue weighted by Crippen LogP contribution is 2.26. The first-order chi connectivity index (χ1) is 12.4. The minimum absolute atomic E-state index is 0.165. The van der Waals surface area contributed by atoms with Gasteiger partial charge in [0.25, 0.3) is 0 Å². The molecule has 1 aromatic heterocycles. The van der Waals surface area contributed by atoms with E-state index in [9.17, 15) is 0 Å². The molecule has 0 saturated carbocycles. The zero-order valence-electron chi connectivity index (χ0n) is 16.0. The molecule has 0 aliphatic rings. The molecule has 0 fully saturated rings. The van der Waals surface area contributed by atoms with Crippen LogP contribution in [0.15, 0.2) is 47.6 Å². The first-order valence-electron chi connectivity index (χ1n) is 8.75. The summed E-state index contributed by atoms with van der Waals surface area (Å²) in [6, 6.07) is 14.8. The van der Waals surface area contributed by atoms with Crippen LogP contribution in [0.2, 0.25) is 0 Å². The van der Waals surface area contributed by atoms with Crippen molar-refractivity contribution in [1.29, 1.82) is 0 Å². The molecule has 26 heavy (non-hydrogen) atoms. The molecule has 0 N–H and O–H groups in total. The quantitative estimate of drug-likeness (QED) is 0.563. The zero-order chi connectivity index (χ0) is 18.7. The number of rotatable bonds is 6. The molecule has 0 aliphatic heterocycles. The highest BCUT2D eigenvalue weighted by atomic mass is 32.2. The highest BCUT2D eigenvalue weighted by molar-refractivity contribution is 7.98. The fourth-order valence-electron chi connectivity index (χ4n) is 3.01. The molecule has 1 atom stereocenters. The van der Waals surface area contributed by atoms with Crippen LogP contribution in [0.4, 0.5) is 0 Å². The van der Waals surface area contributed by atoms with Gasteiger partial charge in [-0.15, -0.1) is 10.2 Å². The molecule has 0 spiro atoms. The number of benzene rings is 2. The van der Waals surface area contributed by atoms with Crippen LogP contribution in [0.5, 0.6) is 5.75 Å². The Bertz CT molecular complexity index is 884. The molecular weight excluding hydrogens is 342 g/mol. The van der Waals surface area contributed by atoms with Crippen molar-refractivity contribution in [3.8, 4) is 5.75 Å². The molecule has 0 radical (unpaired) electrons. The van der Waals surface area contributed by atoms with Gasteiger partial charge in [0.05, 0.1) is 0 Å². The molecule has 0 saturated heterocycles. The predicted octanol–water partition coefficient (Wildman–Crippen LogP) is 5.17. The number of aryl methyl sites for hydroxylation is 3. The SMILES string of the molecule is Cc1cccc(CSc2nnc(C(C)Oc3cc(C)cc(C)c3)n2C)c1. The minimum atomic E-state index is -0.165. The normalized spacial score (nSPS) is 12.2. The first-order valence-corrected chi connectivity index (χ1v) is 9.73. The van der Waals surface area contributed by atoms with Gasteiger partial charge in [-0.2, -0.15) is 0 Å². The van der Waals surface area contributed by atoms with Gasteiger partial charge in [0, 0.05) is 12.8 Å². The number of nitrogens with zero attached hydrogens (tertiary/aromatic N) is 3. The smallest absolute Gasteiger partial charge is 0.191 e. The van der Waals surface area contributed by atoms with Gasteiger partial charge in [-0.05, 0) is 56.5 Å². The lowest BCUT2D eigenvalue weighted by Crippen LogP contribution is -2.10. The molecule has 3 aromatic rings. The zero-order valence-corrected chi connectivity index (χ0v) is 16.8. The van der Waals surface area contributed by atoms with E-state index in [0.29, 0.717) is 0 Å². The maximum Gasteiger partial charge on any atom is 0.191 e. The van der Waals surface area contributed by atoms with E-state index in [1.165, 1.54) is 22.3 Å². The molecule has 2 aromatic carbocycles. The van der Waals surface area contributed by atoms with Crippen LogP contribution in [-0.2, 0) is 12.8 Å². The van der Waals surface area contributed by atoms with Crippen LogP contribution in [-0.4, -0.2) is 14.8 Å². The average molecular weight is 368 g/mol. The van der Waals surface area contributed by atoms with Gasteiger partial charge in [0.2, 0.25) is 0 Å². The van der Waals surface area contributed by atoms with Crippen LogP contribution in [0, 0.1) is 20.8 Å². The molecule has 0 bridgehead atoms. The largest absolute Gasteiger partial charge is 0.483 e. The van der Waals surface area contributed by atoms with Gasteiger partial charge >= 0.3 is 0 Å². The molecule has 1 unspecified atom stereocenters. The maximum atomic E-state index is 6.10. The number of aromatic nitrogens is 3. The molecule has 0 aliphatic carbocycles. The van der Waals surface area contributed by atoms with Gasteiger partial charge in [0.1, 0.15) is 5.75 Å². The number of hydrogen-bond acceptors (Lipinski definition) is 4. The van der Waals surface area contributed by atoms with Crippen molar-refractivity contribution in [2.45, 2.75) is 44.7 Å². The lowest BCUT2D eigenvalue weighted by atomic mass is 10.1. The second-order valence-electron chi connectivity index (χ2n) is 6.76. The van der Waals surface area contributed by atoms with Crippen molar-refractivity contribution >= 4 is 11.8 Å². The Labute approximate surface area is 159 Å². The maximum absolute atomic E-state index is 6.10. The molecular formula is C21H25N3OS. The lowest BCUT2D eigenvalue weighted by molar-refractivity contribution is 0.211. The van der Waals surface area contributed by atoms with Crippen molar-refractivity contribution in [1.82, 2.24) is 14.8 Å². The predicted molar refractivity (Wildman–Crippen MR) is 107 cm³/mol. The van der Waals surface area contributed by atoms with Crippen LogP contribution >= 0.6 is 11.8 Å². The Kier molecular flexibility index (Phi) is 5.67. The Hall–Kier alpha value is -2.27. The van der Waals surface area contributed by atoms with E-state index < -0.39 is 0 Å². The van der Waals surface area contributed by atoms with E-state index >= 15 is 0 Å². The van der Waals surface area contributed by atoms with E-state index in [2.05, 4.69) is 61.3 Å². The third-order valence-electron chi connectivity index (χ3n) is 4.19. The average Bonchev–Trinajstić information content (AvgIpc) is 2.93. The molecule has 4 nitrogen and oxygen atoms in total. The summed E-state index contributed by atoms with van der Waals surface area (Å²) in [6.45, 7) is 8.27. The van der Waals surface area contributed by atoms with Crippen LogP contribution in [0.1, 0.15) is 41.1 Å². The van der Waals surface area contributed by atoms with Crippen LogP contribution in [0.3, 0.4) is 0 Å². The minimum Gasteiger partial charge on any atom is -0.483 e. The van der Waals surface area contributed by atoms with Gasteiger partial charge in [-0.1, -0.05) is 47.7 Å². The van der Waals surface area contributed by atoms with E-state index in [4.69, 9.17) is 4.74 Å². The standard InChI is InChI=1S/C21H25N3OS/c1-14-7-6-8-18(10-14)13-26-21-23-22-20(24(21)5)17(4)25-19-11-15(2)9-16(3)12-19/h6-12,17H,13H2,1-5H3. The van der Waals surface area contributed by atoms with E-state index in [0.717, 1.165) is 22.5 Å². The monoisotopic (exact) mass is 367 g/mol. The Balaban J connectivity index is 1.69. The van der Waals surface area contributed by atoms with Gasteiger partial charge in [-0.3, -0.25) is 0 Å². The van der Waals surface area contributed by atoms with Crippen molar-refractivity contribution < 1.29 is 4.74 Å². The summed E-state index contributed by atoms with van der Waals surface area (Å²) in [4.78, 5) is 0. The van der Waals surface area contributed by atoms with Gasteiger partial charge in [0.15, 0.2) is 17.1 Å². The number of ether oxygens (including phenoxy) is 1. The third-order valence-corrected chi connectivity index (χ3v) is 5.28. The third kappa shape index (κ3) is 4.47. The van der Waals surface area contributed by atoms with Gasteiger partial charge < -0.3 is 9.30 Å².